The SMILES string of the molecule is CCCNc1cc(NCC2CCN(CC)C2)nc(N)n1. The van der Waals surface area contributed by atoms with E-state index in [9.17, 15) is 0 Å². The van der Waals surface area contributed by atoms with E-state index >= 15 is 0 Å². The van der Waals surface area contributed by atoms with Crippen LogP contribution in [0.5, 0.6) is 0 Å². The monoisotopic (exact) mass is 278 g/mol. The molecule has 20 heavy (non-hydrogen) atoms. The van der Waals surface area contributed by atoms with Crippen molar-refractivity contribution in [2.75, 3.05) is 49.1 Å². The summed E-state index contributed by atoms with van der Waals surface area (Å²) in [6.07, 6.45) is 2.31. The van der Waals surface area contributed by atoms with E-state index < -0.39 is 0 Å². The molecule has 0 aliphatic carbocycles. The number of anilines is 3. The number of nitrogens with two attached hydrogens (primary N) is 1. The van der Waals surface area contributed by atoms with Gasteiger partial charge in [-0.25, -0.2) is 0 Å². The third-order valence-electron chi connectivity index (χ3n) is 3.69. The van der Waals surface area contributed by atoms with Crippen LogP contribution in [0.1, 0.15) is 26.7 Å². The van der Waals surface area contributed by atoms with E-state index in [1.165, 1.54) is 19.5 Å². The van der Waals surface area contributed by atoms with Crippen molar-refractivity contribution in [1.29, 1.82) is 0 Å². The predicted octanol–water partition coefficient (Wildman–Crippen LogP) is 1.63. The molecule has 1 aliphatic heterocycles. The van der Waals surface area contributed by atoms with Gasteiger partial charge in [0.25, 0.3) is 0 Å². The van der Waals surface area contributed by atoms with Gasteiger partial charge in [-0.15, -0.1) is 0 Å². The second-order valence-electron chi connectivity index (χ2n) is 5.35. The second-order valence-corrected chi connectivity index (χ2v) is 5.35. The molecule has 1 fully saturated rings. The van der Waals surface area contributed by atoms with Gasteiger partial charge in [-0.2, -0.15) is 9.97 Å². The van der Waals surface area contributed by atoms with E-state index in [1.807, 2.05) is 6.07 Å². The maximum atomic E-state index is 5.75. The Morgan fingerprint density at radius 1 is 1.30 bits per heavy atom. The highest BCUT2D eigenvalue weighted by Crippen LogP contribution is 2.18. The molecule has 1 saturated heterocycles. The first-order chi connectivity index (χ1) is 9.71. The van der Waals surface area contributed by atoms with Crippen molar-refractivity contribution in [2.24, 2.45) is 5.92 Å². The summed E-state index contributed by atoms with van der Waals surface area (Å²) in [6, 6.07) is 1.93. The molecule has 0 spiro atoms. The second kappa shape index (κ2) is 7.28. The zero-order chi connectivity index (χ0) is 14.4. The molecule has 1 unspecified atom stereocenters. The minimum Gasteiger partial charge on any atom is -0.370 e. The van der Waals surface area contributed by atoms with Gasteiger partial charge < -0.3 is 21.3 Å². The summed E-state index contributed by atoms with van der Waals surface area (Å²) in [7, 11) is 0. The maximum Gasteiger partial charge on any atom is 0.223 e. The Kier molecular flexibility index (Phi) is 5.40. The van der Waals surface area contributed by atoms with Crippen molar-refractivity contribution in [3.05, 3.63) is 6.07 Å². The Bertz CT molecular complexity index is 422. The smallest absolute Gasteiger partial charge is 0.223 e. The standard InChI is InChI=1S/C14H26N6/c1-3-6-16-12-8-13(19-14(15)18-12)17-9-11-5-7-20(4-2)10-11/h8,11H,3-7,9-10H2,1-2H3,(H4,15,16,17,18,19). The lowest BCUT2D eigenvalue weighted by atomic mass is 10.1. The lowest BCUT2D eigenvalue weighted by Gasteiger charge is -2.14. The van der Waals surface area contributed by atoms with Crippen LogP contribution in [0.15, 0.2) is 6.07 Å². The van der Waals surface area contributed by atoms with Crippen molar-refractivity contribution in [2.45, 2.75) is 26.7 Å². The van der Waals surface area contributed by atoms with Gasteiger partial charge in [-0.3, -0.25) is 0 Å². The summed E-state index contributed by atoms with van der Waals surface area (Å²) in [5.41, 5.74) is 5.75. The Morgan fingerprint density at radius 2 is 2.05 bits per heavy atom. The van der Waals surface area contributed by atoms with E-state index in [4.69, 9.17) is 5.73 Å². The lowest BCUT2D eigenvalue weighted by Crippen LogP contribution is -2.22. The largest absolute Gasteiger partial charge is 0.370 e. The van der Waals surface area contributed by atoms with E-state index in [0.29, 0.717) is 11.9 Å². The van der Waals surface area contributed by atoms with Crippen LogP contribution < -0.4 is 16.4 Å². The van der Waals surface area contributed by atoms with Gasteiger partial charge >= 0.3 is 0 Å². The van der Waals surface area contributed by atoms with Crippen molar-refractivity contribution < 1.29 is 0 Å². The average molecular weight is 278 g/mol. The van der Waals surface area contributed by atoms with Crippen molar-refractivity contribution in [3.63, 3.8) is 0 Å². The molecule has 112 valence electrons. The summed E-state index contributed by atoms with van der Waals surface area (Å²) in [5, 5.41) is 6.63. The lowest BCUT2D eigenvalue weighted by molar-refractivity contribution is 0.345. The van der Waals surface area contributed by atoms with Crippen molar-refractivity contribution in [1.82, 2.24) is 14.9 Å². The Morgan fingerprint density at radius 3 is 2.70 bits per heavy atom. The van der Waals surface area contributed by atoms with Gasteiger partial charge in [0.15, 0.2) is 0 Å². The van der Waals surface area contributed by atoms with Gasteiger partial charge in [0.2, 0.25) is 5.95 Å². The first kappa shape index (κ1) is 14.8. The highest BCUT2D eigenvalue weighted by molar-refractivity contribution is 5.50. The molecule has 6 nitrogen and oxygen atoms in total. The zero-order valence-electron chi connectivity index (χ0n) is 12.5. The summed E-state index contributed by atoms with van der Waals surface area (Å²) in [5.74, 6) is 2.61. The summed E-state index contributed by atoms with van der Waals surface area (Å²) in [6.45, 7) is 9.69. The fraction of sp³-hybridized carbons (Fsp3) is 0.714. The molecular formula is C14H26N6. The number of likely N-dealkylation sites (tertiary alicyclic amines) is 1. The summed E-state index contributed by atoms with van der Waals surface area (Å²) >= 11 is 0. The molecule has 1 aliphatic rings. The summed E-state index contributed by atoms with van der Waals surface area (Å²) < 4.78 is 0. The van der Waals surface area contributed by atoms with Crippen LogP contribution in [0.4, 0.5) is 17.6 Å². The number of nitrogen functional groups attached to an aromatic ring is 1. The summed E-state index contributed by atoms with van der Waals surface area (Å²) in [4.78, 5) is 10.9. The topological polar surface area (TPSA) is 79.1 Å². The molecule has 2 rings (SSSR count). The Hall–Kier alpha value is -1.56. The molecule has 4 N–H and O–H groups in total. The molecule has 2 heterocycles. The molecule has 6 heteroatoms. The average Bonchev–Trinajstić information content (AvgIpc) is 2.90. The van der Waals surface area contributed by atoms with Crippen LogP contribution in [0.25, 0.3) is 0 Å². The van der Waals surface area contributed by atoms with Crippen LogP contribution in [-0.4, -0.2) is 47.6 Å². The molecule has 0 aromatic carbocycles. The first-order valence-corrected chi connectivity index (χ1v) is 7.56. The fourth-order valence-corrected chi connectivity index (χ4v) is 2.52. The number of hydrogen-bond donors (Lipinski definition) is 3. The minimum atomic E-state index is 0.315. The molecule has 0 saturated carbocycles. The van der Waals surface area contributed by atoms with Crippen LogP contribution in [-0.2, 0) is 0 Å². The fourth-order valence-electron chi connectivity index (χ4n) is 2.52. The predicted molar refractivity (Wildman–Crippen MR) is 83.9 cm³/mol. The molecule has 0 radical (unpaired) electrons. The Labute approximate surface area is 121 Å². The number of nitrogens with one attached hydrogen (secondary N) is 2. The zero-order valence-corrected chi connectivity index (χ0v) is 12.5. The van der Waals surface area contributed by atoms with Gasteiger partial charge in [-0.05, 0) is 31.8 Å². The van der Waals surface area contributed by atoms with Gasteiger partial charge in [0, 0.05) is 25.7 Å². The molecule has 0 bridgehead atoms. The van der Waals surface area contributed by atoms with E-state index in [0.717, 1.165) is 37.7 Å². The number of nitrogens with zero attached hydrogens (tertiary/aromatic N) is 3. The molecule has 1 atom stereocenters. The van der Waals surface area contributed by atoms with E-state index in [-0.39, 0.29) is 0 Å². The Balaban J connectivity index is 1.87. The van der Waals surface area contributed by atoms with Gasteiger partial charge in [0.1, 0.15) is 11.6 Å². The van der Waals surface area contributed by atoms with Crippen molar-refractivity contribution in [3.8, 4) is 0 Å². The molecule has 1 aromatic heterocycles. The highest BCUT2D eigenvalue weighted by Gasteiger charge is 2.20. The number of rotatable bonds is 7. The molecule has 1 aromatic rings. The van der Waals surface area contributed by atoms with Crippen LogP contribution in [0.2, 0.25) is 0 Å². The van der Waals surface area contributed by atoms with Crippen LogP contribution >= 0.6 is 0 Å². The van der Waals surface area contributed by atoms with Crippen LogP contribution in [0.3, 0.4) is 0 Å². The van der Waals surface area contributed by atoms with Gasteiger partial charge in [-0.1, -0.05) is 13.8 Å². The maximum absolute atomic E-state index is 5.75. The normalized spacial score (nSPS) is 19.2. The number of hydrogen-bond acceptors (Lipinski definition) is 6. The van der Waals surface area contributed by atoms with Gasteiger partial charge in [0.05, 0.1) is 0 Å². The van der Waals surface area contributed by atoms with E-state index in [1.54, 1.807) is 0 Å². The number of aromatic nitrogens is 2. The van der Waals surface area contributed by atoms with Crippen molar-refractivity contribution >= 4 is 17.6 Å². The van der Waals surface area contributed by atoms with Crippen LogP contribution in [0, 0.1) is 5.92 Å². The highest BCUT2D eigenvalue weighted by atomic mass is 15.2. The third kappa shape index (κ3) is 4.23. The molecular weight excluding hydrogens is 252 g/mol. The van der Waals surface area contributed by atoms with E-state index in [2.05, 4.69) is 39.3 Å². The third-order valence-corrected chi connectivity index (χ3v) is 3.69. The minimum absolute atomic E-state index is 0.315. The quantitative estimate of drug-likeness (QED) is 0.703. The first-order valence-electron chi connectivity index (χ1n) is 7.56. The molecule has 0 amide bonds.